The van der Waals surface area contributed by atoms with Gasteiger partial charge in [-0.1, -0.05) is 30.3 Å². The molecule has 2 rings (SSSR count). The van der Waals surface area contributed by atoms with Crippen molar-refractivity contribution in [3.8, 4) is 11.3 Å². The lowest BCUT2D eigenvalue weighted by Gasteiger charge is -2.18. The lowest BCUT2D eigenvalue weighted by molar-refractivity contribution is 0.0762. The third kappa shape index (κ3) is 2.67. The van der Waals surface area contributed by atoms with Crippen LogP contribution in [0.5, 0.6) is 0 Å². The number of hydrogen-bond acceptors (Lipinski definition) is 2. The number of carbonyl (C=O) groups is 1. The van der Waals surface area contributed by atoms with Gasteiger partial charge in [-0.15, -0.1) is 0 Å². The van der Waals surface area contributed by atoms with E-state index in [-0.39, 0.29) is 5.91 Å². The minimum absolute atomic E-state index is 0.0298. The average Bonchev–Trinajstić information content (AvgIpc) is 2.83. The van der Waals surface area contributed by atoms with Crippen LogP contribution in [0.1, 0.15) is 24.3 Å². The molecular weight excluding hydrogens is 238 g/mol. The molecule has 0 aliphatic rings. The Hall–Kier alpha value is -2.10. The second-order valence-corrected chi connectivity index (χ2v) is 4.38. The molecule has 0 aliphatic heterocycles. The van der Waals surface area contributed by atoms with Crippen LogP contribution in [0.3, 0.4) is 0 Å². The van der Waals surface area contributed by atoms with Gasteiger partial charge in [-0.3, -0.25) is 9.48 Å². The summed E-state index contributed by atoms with van der Waals surface area (Å²) in [6, 6.07) is 11.7. The van der Waals surface area contributed by atoms with Crippen molar-refractivity contribution >= 4 is 5.91 Å². The van der Waals surface area contributed by atoms with Crippen LogP contribution in [0.2, 0.25) is 0 Å². The zero-order valence-electron chi connectivity index (χ0n) is 11.6. The summed E-state index contributed by atoms with van der Waals surface area (Å²) in [5, 5.41) is 4.42. The Bertz CT molecular complexity index is 556. The standard InChI is InChI=1S/C15H19N3O/c1-4-18(5-2)15(19)14-11-13(16-17(14)3)12-9-7-6-8-10-12/h6-11H,4-5H2,1-3H3. The van der Waals surface area contributed by atoms with Crippen molar-refractivity contribution in [2.45, 2.75) is 13.8 Å². The van der Waals surface area contributed by atoms with Gasteiger partial charge in [0.2, 0.25) is 0 Å². The van der Waals surface area contributed by atoms with Gasteiger partial charge in [0.1, 0.15) is 5.69 Å². The molecule has 0 saturated heterocycles. The zero-order chi connectivity index (χ0) is 13.8. The van der Waals surface area contributed by atoms with Crippen molar-refractivity contribution in [1.29, 1.82) is 0 Å². The number of nitrogens with zero attached hydrogens (tertiary/aromatic N) is 3. The quantitative estimate of drug-likeness (QED) is 0.844. The van der Waals surface area contributed by atoms with Gasteiger partial charge in [-0.25, -0.2) is 0 Å². The van der Waals surface area contributed by atoms with E-state index in [2.05, 4.69) is 5.10 Å². The molecule has 2 aromatic rings. The van der Waals surface area contributed by atoms with Gasteiger partial charge in [-0.2, -0.15) is 5.10 Å². The summed E-state index contributed by atoms with van der Waals surface area (Å²) in [4.78, 5) is 14.1. The van der Waals surface area contributed by atoms with E-state index >= 15 is 0 Å². The summed E-state index contributed by atoms with van der Waals surface area (Å²) in [6.45, 7) is 5.38. The SMILES string of the molecule is CCN(CC)C(=O)c1cc(-c2ccccc2)nn1C. The van der Waals surface area contributed by atoms with Crippen molar-refractivity contribution < 1.29 is 4.79 Å². The van der Waals surface area contributed by atoms with Crippen molar-refractivity contribution in [2.24, 2.45) is 7.05 Å². The van der Waals surface area contributed by atoms with Crippen LogP contribution in [0.15, 0.2) is 36.4 Å². The Morgan fingerprint density at radius 3 is 2.42 bits per heavy atom. The van der Waals surface area contributed by atoms with Crippen LogP contribution in [0.4, 0.5) is 0 Å². The first-order chi connectivity index (χ1) is 9.17. The molecule has 0 spiro atoms. The molecule has 0 bridgehead atoms. The van der Waals surface area contributed by atoms with E-state index in [0.29, 0.717) is 18.8 Å². The summed E-state index contributed by atoms with van der Waals surface area (Å²) in [5.74, 6) is 0.0298. The van der Waals surface area contributed by atoms with Gasteiger partial charge in [0.05, 0.1) is 5.69 Å². The topological polar surface area (TPSA) is 38.1 Å². The van der Waals surface area contributed by atoms with E-state index in [4.69, 9.17) is 0 Å². The fourth-order valence-electron chi connectivity index (χ4n) is 2.09. The lowest BCUT2D eigenvalue weighted by atomic mass is 10.1. The summed E-state index contributed by atoms with van der Waals surface area (Å²) >= 11 is 0. The largest absolute Gasteiger partial charge is 0.338 e. The van der Waals surface area contributed by atoms with Gasteiger partial charge in [-0.05, 0) is 19.9 Å². The zero-order valence-corrected chi connectivity index (χ0v) is 11.6. The molecule has 0 aliphatic carbocycles. The van der Waals surface area contributed by atoms with E-state index in [1.54, 1.807) is 9.58 Å². The molecule has 1 heterocycles. The number of amides is 1. The first-order valence-electron chi connectivity index (χ1n) is 6.56. The van der Waals surface area contributed by atoms with Crippen LogP contribution in [0.25, 0.3) is 11.3 Å². The maximum absolute atomic E-state index is 12.3. The first-order valence-corrected chi connectivity index (χ1v) is 6.56. The Morgan fingerprint density at radius 1 is 1.21 bits per heavy atom. The van der Waals surface area contributed by atoms with Crippen LogP contribution in [-0.2, 0) is 7.05 Å². The number of hydrogen-bond donors (Lipinski definition) is 0. The monoisotopic (exact) mass is 257 g/mol. The molecule has 100 valence electrons. The third-order valence-corrected chi connectivity index (χ3v) is 3.22. The lowest BCUT2D eigenvalue weighted by Crippen LogP contribution is -2.31. The minimum Gasteiger partial charge on any atom is -0.338 e. The highest BCUT2D eigenvalue weighted by molar-refractivity contribution is 5.93. The first kappa shape index (κ1) is 13.3. The number of carbonyl (C=O) groups excluding carboxylic acids is 1. The Labute approximate surface area is 113 Å². The Morgan fingerprint density at radius 2 is 1.84 bits per heavy atom. The highest BCUT2D eigenvalue weighted by Crippen LogP contribution is 2.19. The fraction of sp³-hybridized carbons (Fsp3) is 0.333. The van der Waals surface area contributed by atoms with E-state index < -0.39 is 0 Å². The fourth-order valence-corrected chi connectivity index (χ4v) is 2.09. The molecule has 1 amide bonds. The normalized spacial score (nSPS) is 10.5. The van der Waals surface area contributed by atoms with Gasteiger partial charge in [0, 0.05) is 25.7 Å². The highest BCUT2D eigenvalue weighted by atomic mass is 16.2. The Kier molecular flexibility index (Phi) is 4.00. The number of rotatable bonds is 4. The van der Waals surface area contributed by atoms with Crippen molar-refractivity contribution in [2.75, 3.05) is 13.1 Å². The molecular formula is C15H19N3O. The maximum atomic E-state index is 12.3. The molecule has 0 radical (unpaired) electrons. The average molecular weight is 257 g/mol. The van der Waals surface area contributed by atoms with Gasteiger partial charge >= 0.3 is 0 Å². The number of aryl methyl sites for hydroxylation is 1. The summed E-state index contributed by atoms with van der Waals surface area (Å²) < 4.78 is 1.66. The summed E-state index contributed by atoms with van der Waals surface area (Å²) in [5.41, 5.74) is 2.48. The highest BCUT2D eigenvalue weighted by Gasteiger charge is 2.18. The van der Waals surface area contributed by atoms with Crippen molar-refractivity contribution in [1.82, 2.24) is 14.7 Å². The van der Waals surface area contributed by atoms with Crippen LogP contribution < -0.4 is 0 Å². The molecule has 1 aromatic carbocycles. The maximum Gasteiger partial charge on any atom is 0.272 e. The van der Waals surface area contributed by atoms with Crippen molar-refractivity contribution in [3.63, 3.8) is 0 Å². The molecule has 4 nitrogen and oxygen atoms in total. The molecule has 0 N–H and O–H groups in total. The number of benzene rings is 1. The molecule has 4 heteroatoms. The second-order valence-electron chi connectivity index (χ2n) is 4.38. The van der Waals surface area contributed by atoms with Gasteiger partial charge in [0.15, 0.2) is 0 Å². The predicted molar refractivity (Wildman–Crippen MR) is 75.9 cm³/mol. The predicted octanol–water partition coefficient (Wildman–Crippen LogP) is 2.57. The number of aromatic nitrogens is 2. The van der Waals surface area contributed by atoms with E-state index in [9.17, 15) is 4.79 Å². The minimum atomic E-state index is 0.0298. The van der Waals surface area contributed by atoms with E-state index in [1.807, 2.05) is 57.3 Å². The summed E-state index contributed by atoms with van der Waals surface area (Å²) in [6.07, 6.45) is 0. The molecule has 0 saturated carbocycles. The van der Waals surface area contributed by atoms with E-state index in [0.717, 1.165) is 11.3 Å². The van der Waals surface area contributed by atoms with Crippen LogP contribution in [-0.4, -0.2) is 33.7 Å². The smallest absolute Gasteiger partial charge is 0.272 e. The summed E-state index contributed by atoms with van der Waals surface area (Å²) in [7, 11) is 1.81. The molecule has 0 atom stereocenters. The van der Waals surface area contributed by atoms with Crippen molar-refractivity contribution in [3.05, 3.63) is 42.1 Å². The van der Waals surface area contributed by atoms with Crippen LogP contribution in [0, 0.1) is 0 Å². The van der Waals surface area contributed by atoms with Crippen LogP contribution >= 0.6 is 0 Å². The Balaban J connectivity index is 2.34. The molecule has 1 aromatic heterocycles. The van der Waals surface area contributed by atoms with Gasteiger partial charge < -0.3 is 4.90 Å². The molecule has 19 heavy (non-hydrogen) atoms. The second kappa shape index (κ2) is 5.69. The third-order valence-electron chi connectivity index (χ3n) is 3.22. The molecule has 0 unspecified atom stereocenters. The van der Waals surface area contributed by atoms with Gasteiger partial charge in [0.25, 0.3) is 5.91 Å². The molecule has 0 fully saturated rings. The van der Waals surface area contributed by atoms with E-state index in [1.165, 1.54) is 0 Å².